The molecule has 1 aliphatic heterocycles. The predicted octanol–water partition coefficient (Wildman–Crippen LogP) is 2.53. The van der Waals surface area contributed by atoms with Crippen LogP contribution < -0.4 is 4.18 Å². The van der Waals surface area contributed by atoms with Crippen molar-refractivity contribution in [2.24, 2.45) is 0 Å². The van der Waals surface area contributed by atoms with Crippen molar-refractivity contribution in [2.45, 2.75) is 18.8 Å². The molecule has 1 saturated heterocycles. The van der Waals surface area contributed by atoms with Crippen molar-refractivity contribution in [3.05, 3.63) is 42.2 Å². The van der Waals surface area contributed by atoms with Crippen LogP contribution in [0.3, 0.4) is 0 Å². The molecule has 0 amide bonds. The van der Waals surface area contributed by atoms with E-state index in [1.165, 1.54) is 6.07 Å². The van der Waals surface area contributed by atoms with Gasteiger partial charge >= 0.3 is 10.1 Å². The third-order valence-electron chi connectivity index (χ3n) is 3.65. The van der Waals surface area contributed by atoms with Gasteiger partial charge in [0.25, 0.3) is 0 Å². The number of likely N-dealkylation sites (tertiary alicyclic amines) is 1. The molecule has 0 radical (unpaired) electrons. The Hall–Kier alpha value is -1.40. The number of hydrogen-bond acceptors (Lipinski definition) is 4. The minimum absolute atomic E-state index is 0.0918. The Balaban J connectivity index is 2.14. The highest BCUT2D eigenvalue weighted by Crippen LogP contribution is 2.33. The topological polar surface area (TPSA) is 46.6 Å². The molecule has 116 valence electrons. The van der Waals surface area contributed by atoms with Gasteiger partial charge in [0.05, 0.1) is 6.26 Å². The monoisotopic (exact) mass is 313 g/mol. The molecule has 0 unspecified atom stereocenters. The van der Waals surface area contributed by atoms with Crippen LogP contribution in [0.25, 0.3) is 0 Å². The normalized spacial score (nSPS) is 17.6. The molecule has 0 atom stereocenters. The lowest BCUT2D eigenvalue weighted by molar-refractivity contribution is 0.230. The van der Waals surface area contributed by atoms with Crippen molar-refractivity contribution in [1.82, 2.24) is 4.90 Å². The number of hydrogen-bond donors (Lipinski definition) is 0. The molecule has 1 aliphatic rings. The zero-order valence-corrected chi connectivity index (χ0v) is 12.9. The summed E-state index contributed by atoms with van der Waals surface area (Å²) in [7, 11) is -3.72. The van der Waals surface area contributed by atoms with Gasteiger partial charge in [0.15, 0.2) is 11.6 Å². The van der Waals surface area contributed by atoms with Gasteiger partial charge in [-0.3, -0.25) is 4.90 Å². The molecule has 21 heavy (non-hydrogen) atoms. The van der Waals surface area contributed by atoms with E-state index < -0.39 is 15.9 Å². The molecule has 1 fully saturated rings. The van der Waals surface area contributed by atoms with Gasteiger partial charge in [-0.1, -0.05) is 18.2 Å². The van der Waals surface area contributed by atoms with Crippen molar-refractivity contribution in [3.63, 3.8) is 0 Å². The second-order valence-corrected chi connectivity index (χ2v) is 6.89. The standard InChI is InChI=1S/C15H20FNO3S/c1-3-9-17-10-7-12(8-11-17)13-5-4-6-14(15(13)16)20-21(2,18)19/h3-6,12H,1,7-11H2,2H3. The average Bonchev–Trinajstić information content (AvgIpc) is 2.41. The summed E-state index contributed by atoms with van der Waals surface area (Å²) in [5.74, 6) is -0.692. The molecule has 0 N–H and O–H groups in total. The summed E-state index contributed by atoms with van der Waals surface area (Å²) in [4.78, 5) is 2.26. The van der Waals surface area contributed by atoms with Gasteiger partial charge in [-0.2, -0.15) is 8.42 Å². The van der Waals surface area contributed by atoms with E-state index in [1.54, 1.807) is 12.1 Å². The van der Waals surface area contributed by atoms with Gasteiger partial charge in [-0.25, -0.2) is 4.39 Å². The first-order valence-corrected chi connectivity index (χ1v) is 8.73. The van der Waals surface area contributed by atoms with E-state index in [2.05, 4.69) is 11.5 Å². The van der Waals surface area contributed by atoms with Crippen LogP contribution in [0.1, 0.15) is 24.3 Å². The zero-order chi connectivity index (χ0) is 15.5. The number of piperidine rings is 1. The SMILES string of the molecule is C=CCN1CCC(c2cccc(OS(C)(=O)=O)c2F)CC1. The van der Waals surface area contributed by atoms with Crippen LogP contribution in [0.5, 0.6) is 5.75 Å². The van der Waals surface area contributed by atoms with Crippen LogP contribution >= 0.6 is 0 Å². The van der Waals surface area contributed by atoms with Gasteiger partial charge in [0.1, 0.15) is 0 Å². The molecule has 0 spiro atoms. The van der Waals surface area contributed by atoms with Gasteiger partial charge in [0.2, 0.25) is 0 Å². The summed E-state index contributed by atoms with van der Waals surface area (Å²) in [6.07, 6.45) is 4.45. The average molecular weight is 313 g/mol. The van der Waals surface area contributed by atoms with Crippen LogP contribution in [-0.4, -0.2) is 39.2 Å². The Labute approximate surface area is 125 Å². The minimum atomic E-state index is -3.72. The molecule has 6 heteroatoms. The summed E-state index contributed by atoms with van der Waals surface area (Å²) < 4.78 is 41.4. The van der Waals surface area contributed by atoms with E-state index in [-0.39, 0.29) is 11.7 Å². The summed E-state index contributed by atoms with van der Waals surface area (Å²) in [6, 6.07) is 4.68. The van der Waals surface area contributed by atoms with E-state index in [1.807, 2.05) is 6.08 Å². The van der Waals surface area contributed by atoms with E-state index in [0.29, 0.717) is 5.56 Å². The second kappa shape index (κ2) is 6.58. The minimum Gasteiger partial charge on any atom is -0.379 e. The molecule has 1 aromatic carbocycles. The number of halogens is 1. The van der Waals surface area contributed by atoms with Gasteiger partial charge < -0.3 is 4.18 Å². The van der Waals surface area contributed by atoms with Crippen LogP contribution in [-0.2, 0) is 10.1 Å². The van der Waals surface area contributed by atoms with Crippen LogP contribution in [0, 0.1) is 5.82 Å². The van der Waals surface area contributed by atoms with Crippen molar-refractivity contribution in [3.8, 4) is 5.75 Å². The zero-order valence-electron chi connectivity index (χ0n) is 12.1. The Kier molecular flexibility index (Phi) is 5.00. The maximum Gasteiger partial charge on any atom is 0.306 e. The van der Waals surface area contributed by atoms with E-state index >= 15 is 0 Å². The lowest BCUT2D eigenvalue weighted by Gasteiger charge is -2.31. The third kappa shape index (κ3) is 4.28. The van der Waals surface area contributed by atoms with E-state index in [0.717, 1.165) is 38.7 Å². The van der Waals surface area contributed by atoms with Crippen molar-refractivity contribution >= 4 is 10.1 Å². The fraction of sp³-hybridized carbons (Fsp3) is 0.467. The molecule has 0 saturated carbocycles. The Morgan fingerprint density at radius 2 is 2.10 bits per heavy atom. The number of benzene rings is 1. The summed E-state index contributed by atoms with van der Waals surface area (Å²) in [6.45, 7) is 6.32. The quantitative estimate of drug-likeness (QED) is 0.619. The predicted molar refractivity (Wildman–Crippen MR) is 80.5 cm³/mol. The Morgan fingerprint density at radius 3 is 2.67 bits per heavy atom. The van der Waals surface area contributed by atoms with Crippen LogP contribution in [0.4, 0.5) is 4.39 Å². The molecular weight excluding hydrogens is 293 g/mol. The van der Waals surface area contributed by atoms with Crippen LogP contribution in [0.2, 0.25) is 0 Å². The van der Waals surface area contributed by atoms with Gasteiger partial charge in [-0.05, 0) is 43.5 Å². The third-order valence-corrected chi connectivity index (χ3v) is 4.13. The van der Waals surface area contributed by atoms with Crippen LogP contribution in [0.15, 0.2) is 30.9 Å². The lowest BCUT2D eigenvalue weighted by Crippen LogP contribution is -2.33. The fourth-order valence-electron chi connectivity index (χ4n) is 2.68. The first-order chi connectivity index (χ1) is 9.90. The number of nitrogens with zero attached hydrogens (tertiary/aromatic N) is 1. The summed E-state index contributed by atoms with van der Waals surface area (Å²) in [5, 5.41) is 0. The summed E-state index contributed by atoms with van der Waals surface area (Å²) in [5.41, 5.74) is 0.536. The molecule has 4 nitrogen and oxygen atoms in total. The number of rotatable bonds is 5. The molecule has 1 aromatic rings. The first-order valence-electron chi connectivity index (χ1n) is 6.92. The molecular formula is C15H20FNO3S. The second-order valence-electron chi connectivity index (χ2n) is 5.31. The maximum absolute atomic E-state index is 14.4. The fourth-order valence-corrected chi connectivity index (χ4v) is 3.13. The van der Waals surface area contributed by atoms with Gasteiger partial charge in [0, 0.05) is 6.54 Å². The molecule has 0 bridgehead atoms. The molecule has 2 rings (SSSR count). The highest BCUT2D eigenvalue weighted by Gasteiger charge is 2.24. The first kappa shape index (κ1) is 16.0. The molecule has 0 aromatic heterocycles. The lowest BCUT2D eigenvalue weighted by atomic mass is 9.89. The summed E-state index contributed by atoms with van der Waals surface area (Å²) >= 11 is 0. The largest absolute Gasteiger partial charge is 0.379 e. The Bertz CT molecular complexity index is 607. The maximum atomic E-state index is 14.4. The van der Waals surface area contributed by atoms with E-state index in [4.69, 9.17) is 4.18 Å². The smallest absolute Gasteiger partial charge is 0.306 e. The molecule has 1 heterocycles. The highest BCUT2D eigenvalue weighted by molar-refractivity contribution is 7.86. The Morgan fingerprint density at radius 1 is 1.43 bits per heavy atom. The van der Waals surface area contributed by atoms with E-state index in [9.17, 15) is 12.8 Å². The van der Waals surface area contributed by atoms with Crippen molar-refractivity contribution < 1.29 is 17.0 Å². The molecule has 0 aliphatic carbocycles. The van der Waals surface area contributed by atoms with Crippen molar-refractivity contribution in [1.29, 1.82) is 0 Å². The van der Waals surface area contributed by atoms with Crippen molar-refractivity contribution in [2.75, 3.05) is 25.9 Å². The van der Waals surface area contributed by atoms with Gasteiger partial charge in [-0.15, -0.1) is 6.58 Å². The highest BCUT2D eigenvalue weighted by atomic mass is 32.2.